The molecule has 2 nitrogen and oxygen atoms in total. The van der Waals surface area contributed by atoms with Crippen LogP contribution in [-0.4, -0.2) is 21.5 Å². The largest absolute Gasteiger partial charge is 0.466 e. The van der Waals surface area contributed by atoms with Gasteiger partial charge in [-0.2, -0.15) is 23.5 Å². The van der Waals surface area contributed by atoms with Crippen molar-refractivity contribution >= 4 is 39.5 Å². The lowest BCUT2D eigenvalue weighted by Crippen LogP contribution is -2.34. The summed E-state index contributed by atoms with van der Waals surface area (Å²) < 4.78 is 6.43. The van der Waals surface area contributed by atoms with Crippen LogP contribution in [0.3, 0.4) is 0 Å². The van der Waals surface area contributed by atoms with Gasteiger partial charge in [0.15, 0.2) is 0 Å². The Morgan fingerprint density at radius 1 is 1.50 bits per heavy atom. The second kappa shape index (κ2) is 5.38. The van der Waals surface area contributed by atoms with Crippen LogP contribution >= 0.6 is 39.5 Å². The summed E-state index contributed by atoms with van der Waals surface area (Å²) in [6, 6.07) is 1.89. The summed E-state index contributed by atoms with van der Waals surface area (Å²) in [6.07, 6.45) is 1.69. The molecule has 2 N–H and O–H groups in total. The van der Waals surface area contributed by atoms with Crippen LogP contribution in [0.15, 0.2) is 21.2 Å². The van der Waals surface area contributed by atoms with Gasteiger partial charge in [-0.05, 0) is 22.0 Å². The molecule has 0 radical (unpaired) electrons. The molecule has 1 aromatic heterocycles. The topological polar surface area (TPSA) is 39.2 Å². The molecule has 1 aliphatic rings. The third-order valence-corrected chi connectivity index (χ3v) is 7.09. The van der Waals surface area contributed by atoms with Crippen molar-refractivity contribution in [1.82, 2.24) is 0 Å². The maximum atomic E-state index is 6.26. The van der Waals surface area contributed by atoms with E-state index in [0.717, 1.165) is 16.0 Å². The Balaban J connectivity index is 2.06. The average Bonchev–Trinajstić information content (AvgIpc) is 2.67. The van der Waals surface area contributed by atoms with Gasteiger partial charge in [-0.3, -0.25) is 0 Å². The van der Waals surface area contributed by atoms with Crippen LogP contribution in [0.2, 0.25) is 0 Å². The highest BCUT2D eigenvalue weighted by Crippen LogP contribution is 2.41. The molecule has 2 rings (SSSR count). The first-order chi connectivity index (χ1) is 7.59. The van der Waals surface area contributed by atoms with Crippen molar-refractivity contribution in [3.63, 3.8) is 0 Å². The monoisotopic (exact) mass is 321 g/mol. The standard InChI is InChI=1S/C11H16BrNOS2/c1-6-7(2)16-9(5-15-6)10(13)11-8(12)3-4-14-11/h3-4,6-7,9-10H,5,13H2,1-2H3. The van der Waals surface area contributed by atoms with Crippen molar-refractivity contribution in [3.8, 4) is 0 Å². The quantitative estimate of drug-likeness (QED) is 0.902. The third-order valence-electron chi connectivity index (χ3n) is 2.92. The molecule has 0 aromatic carbocycles. The number of rotatable bonds is 2. The van der Waals surface area contributed by atoms with Gasteiger partial charge in [0.05, 0.1) is 16.8 Å². The minimum absolute atomic E-state index is 0.0168. The number of hydrogen-bond acceptors (Lipinski definition) is 4. The number of nitrogens with two attached hydrogens (primary N) is 1. The minimum atomic E-state index is -0.0168. The summed E-state index contributed by atoms with van der Waals surface area (Å²) in [5.74, 6) is 1.98. The summed E-state index contributed by atoms with van der Waals surface area (Å²) in [5.41, 5.74) is 6.26. The highest BCUT2D eigenvalue weighted by molar-refractivity contribution is 9.10. The van der Waals surface area contributed by atoms with Crippen LogP contribution in [0.1, 0.15) is 25.6 Å². The maximum Gasteiger partial charge on any atom is 0.135 e. The smallest absolute Gasteiger partial charge is 0.135 e. The molecule has 5 heteroatoms. The van der Waals surface area contributed by atoms with Gasteiger partial charge < -0.3 is 10.2 Å². The molecule has 1 saturated heterocycles. The molecule has 1 aliphatic heterocycles. The van der Waals surface area contributed by atoms with E-state index in [1.165, 1.54) is 0 Å². The fourth-order valence-corrected chi connectivity index (χ4v) is 5.19. The van der Waals surface area contributed by atoms with Crippen molar-refractivity contribution in [2.75, 3.05) is 5.75 Å². The van der Waals surface area contributed by atoms with Crippen LogP contribution in [0.25, 0.3) is 0 Å². The first-order valence-electron chi connectivity index (χ1n) is 5.35. The molecule has 90 valence electrons. The lowest BCUT2D eigenvalue weighted by molar-refractivity contribution is 0.462. The van der Waals surface area contributed by atoms with E-state index in [0.29, 0.717) is 15.7 Å². The van der Waals surface area contributed by atoms with Crippen molar-refractivity contribution in [2.45, 2.75) is 35.6 Å². The van der Waals surface area contributed by atoms with E-state index in [2.05, 4.69) is 29.8 Å². The van der Waals surface area contributed by atoms with Gasteiger partial charge in [-0.25, -0.2) is 0 Å². The summed E-state index contributed by atoms with van der Waals surface area (Å²) in [4.78, 5) is 0. The van der Waals surface area contributed by atoms with Crippen molar-refractivity contribution < 1.29 is 4.42 Å². The van der Waals surface area contributed by atoms with E-state index in [4.69, 9.17) is 10.2 Å². The number of halogens is 1. The number of hydrogen-bond donors (Lipinski definition) is 1. The van der Waals surface area contributed by atoms with Crippen molar-refractivity contribution in [2.24, 2.45) is 5.73 Å². The number of thioether (sulfide) groups is 2. The van der Waals surface area contributed by atoms with Gasteiger partial charge in [0.1, 0.15) is 5.76 Å². The molecule has 0 aliphatic carbocycles. The van der Waals surface area contributed by atoms with Crippen LogP contribution in [-0.2, 0) is 0 Å². The second-order valence-electron chi connectivity index (χ2n) is 4.08. The molecule has 0 amide bonds. The molecule has 1 fully saturated rings. The highest BCUT2D eigenvalue weighted by atomic mass is 79.9. The predicted molar refractivity (Wildman–Crippen MR) is 76.1 cm³/mol. The molecular formula is C11H16BrNOS2. The zero-order valence-electron chi connectivity index (χ0n) is 9.35. The molecule has 0 spiro atoms. The minimum Gasteiger partial charge on any atom is -0.466 e. The lowest BCUT2D eigenvalue weighted by Gasteiger charge is -2.33. The van der Waals surface area contributed by atoms with Crippen LogP contribution < -0.4 is 5.73 Å². The fourth-order valence-electron chi connectivity index (χ4n) is 1.71. The van der Waals surface area contributed by atoms with Gasteiger partial charge in [0, 0.05) is 21.5 Å². The van der Waals surface area contributed by atoms with Crippen LogP contribution in [0, 0.1) is 0 Å². The lowest BCUT2D eigenvalue weighted by atomic mass is 10.2. The summed E-state index contributed by atoms with van der Waals surface area (Å²) in [7, 11) is 0. The molecule has 0 saturated carbocycles. The van der Waals surface area contributed by atoms with Gasteiger partial charge in [0.25, 0.3) is 0 Å². The van der Waals surface area contributed by atoms with E-state index < -0.39 is 0 Å². The van der Waals surface area contributed by atoms with Crippen molar-refractivity contribution in [3.05, 3.63) is 22.6 Å². The van der Waals surface area contributed by atoms with Crippen molar-refractivity contribution in [1.29, 1.82) is 0 Å². The number of furan rings is 1. The van der Waals surface area contributed by atoms with E-state index >= 15 is 0 Å². The van der Waals surface area contributed by atoms with Gasteiger partial charge in [0.2, 0.25) is 0 Å². The molecule has 0 bridgehead atoms. The maximum absolute atomic E-state index is 6.26. The zero-order valence-corrected chi connectivity index (χ0v) is 12.6. The average molecular weight is 322 g/mol. The Hall–Kier alpha value is 0.420. The predicted octanol–water partition coefficient (Wildman–Crippen LogP) is 3.67. The van der Waals surface area contributed by atoms with E-state index in [-0.39, 0.29) is 6.04 Å². The molecular weight excluding hydrogens is 306 g/mol. The Kier molecular flexibility index (Phi) is 4.32. The summed E-state index contributed by atoms with van der Waals surface area (Å²) >= 11 is 7.46. The van der Waals surface area contributed by atoms with Gasteiger partial charge in [-0.15, -0.1) is 0 Å². The Bertz CT molecular complexity index is 358. The summed E-state index contributed by atoms with van der Waals surface area (Å²) in [6.45, 7) is 4.56. The Morgan fingerprint density at radius 2 is 2.25 bits per heavy atom. The van der Waals surface area contributed by atoms with Gasteiger partial charge in [-0.1, -0.05) is 13.8 Å². The fraction of sp³-hybridized carbons (Fsp3) is 0.636. The third kappa shape index (κ3) is 2.63. The SMILES string of the molecule is CC1SCC(C(N)c2occc2Br)SC1C. The van der Waals surface area contributed by atoms with Crippen LogP contribution in [0.4, 0.5) is 0 Å². The molecule has 4 unspecified atom stereocenters. The second-order valence-corrected chi connectivity index (χ2v) is 7.96. The first kappa shape index (κ1) is 12.9. The molecule has 2 heterocycles. The zero-order chi connectivity index (χ0) is 11.7. The molecule has 4 atom stereocenters. The molecule has 1 aromatic rings. The van der Waals surface area contributed by atoms with E-state index in [1.54, 1.807) is 6.26 Å². The normalized spacial score (nSPS) is 32.6. The highest BCUT2D eigenvalue weighted by Gasteiger charge is 2.32. The summed E-state index contributed by atoms with van der Waals surface area (Å²) in [5, 5.41) is 1.82. The van der Waals surface area contributed by atoms with Gasteiger partial charge >= 0.3 is 0 Å². The van der Waals surface area contributed by atoms with E-state index in [9.17, 15) is 0 Å². The Labute approximate surface area is 113 Å². The molecule has 16 heavy (non-hydrogen) atoms. The Morgan fingerprint density at radius 3 is 2.81 bits per heavy atom. The van der Waals surface area contributed by atoms with Crippen LogP contribution in [0.5, 0.6) is 0 Å². The van der Waals surface area contributed by atoms with E-state index in [1.807, 2.05) is 29.6 Å². The first-order valence-corrected chi connectivity index (χ1v) is 8.13.